The van der Waals surface area contributed by atoms with E-state index >= 15 is 0 Å². The van der Waals surface area contributed by atoms with Crippen molar-refractivity contribution in [2.45, 2.75) is 212 Å². The highest BCUT2D eigenvalue weighted by atomic mass is 31.3. The molecule has 364 valence electrons. The van der Waals surface area contributed by atoms with Gasteiger partial charge in [-0.1, -0.05) is 128 Å². The smallest absolute Gasteiger partial charge is 0.302 e. The first-order valence-electron chi connectivity index (χ1n) is 24.0. The maximum Gasteiger partial charge on any atom is 0.481 e. The molecule has 0 aliphatic heterocycles. The molecule has 7 nitrogen and oxygen atoms in total. The van der Waals surface area contributed by atoms with Gasteiger partial charge in [0.25, 0.3) is 0 Å². The molecule has 0 aromatic heterocycles. The summed E-state index contributed by atoms with van der Waals surface area (Å²) in [6.07, 6.45) is 47.2. The fraction of sp³-hybridized carbons (Fsp3) is 0.600. The number of phosphoric ester groups is 1. The highest BCUT2D eigenvalue weighted by molar-refractivity contribution is 7.60. The summed E-state index contributed by atoms with van der Waals surface area (Å²) in [7, 11) is -9.92. The van der Waals surface area contributed by atoms with Crippen molar-refractivity contribution in [1.82, 2.24) is 0 Å². The number of allylic oxidation sites excluding steroid dienone is 21. The van der Waals surface area contributed by atoms with E-state index in [0.29, 0.717) is 0 Å². The quantitative estimate of drug-likeness (QED) is 0.0428. The van der Waals surface area contributed by atoms with Gasteiger partial charge in [0, 0.05) is 0 Å². The average Bonchev–Trinajstić information content (AvgIpc) is 3.16. The number of hydrogen-bond acceptors (Lipinski definition) is 4. The SMILES string of the molecule is CC(C)=CCC/C(C)=C/CC/C(C)=C/CC/C(C)=C\CC/C(C)=C\CC/C(C)=C\CC/C(C)=C\CC/C(C)=C\CC/C(C)=C\CC/C(C)=C\CC/C(C)=C\COP(=O)(O)OP(=O)(O)O. The zero-order chi connectivity index (χ0) is 48.4. The molecule has 64 heavy (non-hydrogen) atoms. The van der Waals surface area contributed by atoms with Gasteiger partial charge in [-0.25, -0.2) is 9.13 Å². The number of hydrogen-bond donors (Lipinski definition) is 3. The van der Waals surface area contributed by atoms with Crippen LogP contribution in [0.15, 0.2) is 128 Å². The van der Waals surface area contributed by atoms with Crippen LogP contribution in [0.4, 0.5) is 0 Å². The van der Waals surface area contributed by atoms with E-state index in [-0.39, 0.29) is 6.61 Å². The van der Waals surface area contributed by atoms with E-state index in [2.05, 4.69) is 146 Å². The summed E-state index contributed by atoms with van der Waals surface area (Å²) in [6.45, 7) is 26.2. The Labute approximate surface area is 393 Å². The lowest BCUT2D eigenvalue weighted by molar-refractivity contribution is 0.191. The van der Waals surface area contributed by atoms with Gasteiger partial charge in [-0.2, -0.15) is 4.31 Å². The van der Waals surface area contributed by atoms with Crippen molar-refractivity contribution in [1.29, 1.82) is 0 Å². The van der Waals surface area contributed by atoms with Gasteiger partial charge in [0.1, 0.15) is 0 Å². The second-order valence-corrected chi connectivity index (χ2v) is 21.3. The molecule has 0 aliphatic carbocycles. The molecule has 0 spiro atoms. The molecule has 0 bridgehead atoms. The van der Waals surface area contributed by atoms with Crippen LogP contribution >= 0.6 is 15.6 Å². The summed E-state index contributed by atoms with van der Waals surface area (Å²) in [4.78, 5) is 26.7. The van der Waals surface area contributed by atoms with Gasteiger partial charge in [-0.3, -0.25) is 4.52 Å². The van der Waals surface area contributed by atoms with Gasteiger partial charge >= 0.3 is 15.6 Å². The van der Waals surface area contributed by atoms with Gasteiger partial charge in [0.05, 0.1) is 6.61 Å². The highest BCUT2D eigenvalue weighted by Gasteiger charge is 2.31. The minimum absolute atomic E-state index is 0.274. The van der Waals surface area contributed by atoms with Crippen molar-refractivity contribution in [3.05, 3.63) is 128 Å². The zero-order valence-corrected chi connectivity index (χ0v) is 44.4. The molecule has 0 fully saturated rings. The van der Waals surface area contributed by atoms with E-state index in [1.54, 1.807) is 6.08 Å². The summed E-state index contributed by atoms with van der Waals surface area (Å²) in [5, 5.41) is 0. The lowest BCUT2D eigenvalue weighted by Gasteiger charge is -2.11. The Kier molecular flexibility index (Phi) is 35.0. The van der Waals surface area contributed by atoms with Crippen molar-refractivity contribution >= 4 is 15.6 Å². The predicted molar refractivity (Wildman–Crippen MR) is 278 cm³/mol. The molecule has 1 atom stereocenters. The maximum atomic E-state index is 11.5. The first-order chi connectivity index (χ1) is 30.1. The molecule has 0 rings (SSSR count). The van der Waals surface area contributed by atoms with Crippen LogP contribution in [0.25, 0.3) is 0 Å². The fourth-order valence-electron chi connectivity index (χ4n) is 6.96. The third-order valence-corrected chi connectivity index (χ3v) is 13.4. The van der Waals surface area contributed by atoms with Crippen molar-refractivity contribution in [2.24, 2.45) is 0 Å². The molecule has 0 radical (unpaired) electrons. The largest absolute Gasteiger partial charge is 0.481 e. The van der Waals surface area contributed by atoms with Crippen molar-refractivity contribution < 1.29 is 32.6 Å². The van der Waals surface area contributed by atoms with E-state index < -0.39 is 15.6 Å². The fourth-order valence-corrected chi connectivity index (χ4v) is 8.48. The summed E-state index contributed by atoms with van der Waals surface area (Å²) in [5.74, 6) is 0. The summed E-state index contributed by atoms with van der Waals surface area (Å²) in [5.41, 5.74) is 15.6. The van der Waals surface area contributed by atoms with E-state index in [0.717, 1.165) is 121 Å². The standard InChI is InChI=1S/C55H92O7P2/c1-45(2)23-13-24-46(3)25-14-26-47(4)27-15-28-48(5)29-16-30-49(6)31-17-32-50(7)33-18-34-51(8)35-19-36-52(9)37-20-38-53(10)39-21-40-54(11)41-22-42-55(12)43-44-61-64(59,60)62-63(56,57)58/h23,25,27,29,31,33,35,37,39,41,43H,13-22,24,26,28,30,32,34,36,38,40,42,44H2,1-12H3,(H,59,60)(H2,56,57,58)/b46-25+,47-27+,48-29-,49-31-,50-33-,51-35-,52-37-,53-39-,54-41-,55-43-. The van der Waals surface area contributed by atoms with Crippen LogP contribution < -0.4 is 0 Å². The Bertz CT molecular complexity index is 1800. The molecule has 0 saturated heterocycles. The molecule has 0 aromatic carbocycles. The molecule has 0 saturated carbocycles. The second-order valence-electron chi connectivity index (χ2n) is 18.5. The van der Waals surface area contributed by atoms with E-state index in [1.165, 1.54) is 68.6 Å². The second kappa shape index (κ2) is 36.5. The topological polar surface area (TPSA) is 113 Å². The molecule has 1 unspecified atom stereocenters. The third-order valence-electron chi connectivity index (χ3n) is 11.3. The molecule has 9 heteroatoms. The van der Waals surface area contributed by atoms with Crippen molar-refractivity contribution in [3.8, 4) is 0 Å². The first-order valence-corrected chi connectivity index (χ1v) is 27.0. The monoisotopic (exact) mass is 927 g/mol. The Hall–Kier alpha value is -2.60. The number of phosphoric acid groups is 2. The Morgan fingerprint density at radius 2 is 0.516 bits per heavy atom. The molecule has 3 N–H and O–H groups in total. The van der Waals surface area contributed by atoms with Gasteiger partial charge in [-0.15, -0.1) is 0 Å². The van der Waals surface area contributed by atoms with Crippen LogP contribution in [-0.2, 0) is 18.0 Å². The average molecular weight is 927 g/mol. The molecular weight excluding hydrogens is 835 g/mol. The van der Waals surface area contributed by atoms with Crippen LogP contribution in [0.1, 0.15) is 212 Å². The van der Waals surface area contributed by atoms with Gasteiger partial charge in [-0.05, 0) is 212 Å². The Morgan fingerprint density at radius 1 is 0.328 bits per heavy atom. The van der Waals surface area contributed by atoms with Crippen LogP contribution in [-0.4, -0.2) is 21.3 Å². The van der Waals surface area contributed by atoms with Crippen LogP contribution in [0.2, 0.25) is 0 Å². The molecular formula is C55H92O7P2. The normalized spacial score (nSPS) is 15.9. The molecule has 0 heterocycles. The van der Waals surface area contributed by atoms with Crippen molar-refractivity contribution in [3.63, 3.8) is 0 Å². The van der Waals surface area contributed by atoms with E-state index in [4.69, 9.17) is 9.79 Å². The van der Waals surface area contributed by atoms with E-state index in [9.17, 15) is 14.0 Å². The minimum atomic E-state index is -5.11. The lowest BCUT2D eigenvalue weighted by atomic mass is 10.0. The maximum absolute atomic E-state index is 11.5. The summed E-state index contributed by atoms with van der Waals surface area (Å²) >= 11 is 0. The zero-order valence-electron chi connectivity index (χ0n) is 42.6. The minimum Gasteiger partial charge on any atom is -0.302 e. The van der Waals surface area contributed by atoms with E-state index in [1.807, 2.05) is 6.92 Å². The van der Waals surface area contributed by atoms with Gasteiger partial charge < -0.3 is 14.7 Å². The highest BCUT2D eigenvalue weighted by Crippen LogP contribution is 2.57. The molecule has 0 amide bonds. The number of rotatable bonds is 35. The van der Waals surface area contributed by atoms with Crippen LogP contribution in [0, 0.1) is 0 Å². The van der Waals surface area contributed by atoms with Gasteiger partial charge in [0.15, 0.2) is 0 Å². The first kappa shape index (κ1) is 61.4. The molecule has 0 aromatic rings. The predicted octanol–water partition coefficient (Wildman–Crippen LogP) is 18.4. The van der Waals surface area contributed by atoms with Gasteiger partial charge in [0.2, 0.25) is 0 Å². The lowest BCUT2D eigenvalue weighted by Crippen LogP contribution is -1.94. The molecule has 0 aliphatic rings. The Balaban J connectivity index is 4.31. The van der Waals surface area contributed by atoms with Crippen molar-refractivity contribution in [2.75, 3.05) is 6.61 Å². The van der Waals surface area contributed by atoms with Crippen LogP contribution in [0.3, 0.4) is 0 Å². The van der Waals surface area contributed by atoms with Crippen LogP contribution in [0.5, 0.6) is 0 Å². The summed E-state index contributed by atoms with van der Waals surface area (Å²) < 4.78 is 30.6. The Morgan fingerprint density at radius 3 is 0.703 bits per heavy atom. The third kappa shape index (κ3) is 40.9. The summed E-state index contributed by atoms with van der Waals surface area (Å²) in [6, 6.07) is 0.